The third-order valence-electron chi connectivity index (χ3n) is 4.88. The maximum absolute atomic E-state index is 12.0. The maximum atomic E-state index is 12.0. The summed E-state index contributed by atoms with van der Waals surface area (Å²) in [7, 11) is 0. The highest BCUT2D eigenvalue weighted by molar-refractivity contribution is 6.32. The highest BCUT2D eigenvalue weighted by atomic mass is 35.5. The molecule has 1 amide bonds. The average Bonchev–Trinajstić information content (AvgIpc) is 2.47. The number of amides is 1. The molecule has 114 valence electrons. The van der Waals surface area contributed by atoms with Crippen molar-refractivity contribution >= 4 is 17.5 Å². The molecule has 0 spiro atoms. The molecule has 2 aliphatic rings. The van der Waals surface area contributed by atoms with Crippen LogP contribution < -0.4 is 5.32 Å². The van der Waals surface area contributed by atoms with Gasteiger partial charge in [-0.2, -0.15) is 0 Å². The van der Waals surface area contributed by atoms with Gasteiger partial charge in [0.05, 0.1) is 11.6 Å². The molecule has 1 unspecified atom stereocenters. The Kier molecular flexibility index (Phi) is 3.84. The zero-order valence-corrected chi connectivity index (χ0v) is 13.2. The van der Waals surface area contributed by atoms with Gasteiger partial charge >= 0.3 is 0 Å². The normalized spacial score (nSPS) is 29.4. The number of halogens is 1. The maximum Gasteiger partial charge on any atom is 0.236 e. The number of phenolic OH excluding ortho intramolecular Hbond substituents is 1. The van der Waals surface area contributed by atoms with Crippen LogP contribution in [0.15, 0.2) is 12.1 Å². The molecule has 2 saturated heterocycles. The van der Waals surface area contributed by atoms with Crippen LogP contribution >= 0.6 is 11.6 Å². The number of phenols is 1. The van der Waals surface area contributed by atoms with E-state index in [4.69, 9.17) is 11.6 Å². The predicted molar refractivity (Wildman–Crippen MR) is 82.8 cm³/mol. The first-order valence-electron chi connectivity index (χ1n) is 7.50. The second-order valence-corrected chi connectivity index (χ2v) is 6.55. The molecule has 1 aromatic rings. The van der Waals surface area contributed by atoms with E-state index in [0.29, 0.717) is 11.6 Å². The number of nitrogens with zero attached hydrogens (tertiary/aromatic N) is 1. The summed E-state index contributed by atoms with van der Waals surface area (Å²) in [6.07, 6.45) is 1.70. The molecule has 2 heterocycles. The van der Waals surface area contributed by atoms with Gasteiger partial charge in [0, 0.05) is 24.2 Å². The number of rotatable bonds is 1. The minimum Gasteiger partial charge on any atom is -0.508 e. The van der Waals surface area contributed by atoms with Crippen molar-refractivity contribution in [1.29, 1.82) is 0 Å². The number of carbonyl (C=O) groups is 1. The molecule has 0 bridgehead atoms. The lowest BCUT2D eigenvalue weighted by molar-refractivity contribution is -0.138. The Balaban J connectivity index is 1.89. The lowest BCUT2D eigenvalue weighted by Crippen LogP contribution is -2.61. The van der Waals surface area contributed by atoms with Gasteiger partial charge in [0.15, 0.2) is 0 Å². The zero-order valence-electron chi connectivity index (χ0n) is 12.4. The van der Waals surface area contributed by atoms with Crippen molar-refractivity contribution in [1.82, 2.24) is 10.2 Å². The largest absolute Gasteiger partial charge is 0.508 e. The summed E-state index contributed by atoms with van der Waals surface area (Å²) in [4.78, 5) is 14.0. The van der Waals surface area contributed by atoms with Crippen LogP contribution in [0.2, 0.25) is 5.02 Å². The SMILES string of the molecule is Cc1ccc(O)c([C@@H]2CCN3C(=O)CNC(C)[C@@H]3C2)c1Cl. The third kappa shape index (κ3) is 2.51. The van der Waals surface area contributed by atoms with Gasteiger partial charge in [-0.3, -0.25) is 4.79 Å². The van der Waals surface area contributed by atoms with Crippen molar-refractivity contribution in [2.45, 2.75) is 44.7 Å². The topological polar surface area (TPSA) is 52.6 Å². The first-order valence-corrected chi connectivity index (χ1v) is 7.87. The van der Waals surface area contributed by atoms with E-state index in [9.17, 15) is 9.90 Å². The summed E-state index contributed by atoms with van der Waals surface area (Å²) in [6, 6.07) is 4.01. The van der Waals surface area contributed by atoms with E-state index in [-0.39, 0.29) is 29.7 Å². The van der Waals surface area contributed by atoms with Gasteiger partial charge in [-0.25, -0.2) is 0 Å². The highest BCUT2D eigenvalue weighted by Gasteiger charge is 2.39. The number of piperidine rings is 1. The van der Waals surface area contributed by atoms with E-state index in [0.717, 1.165) is 30.5 Å². The van der Waals surface area contributed by atoms with E-state index in [1.54, 1.807) is 6.07 Å². The number of hydrogen-bond acceptors (Lipinski definition) is 3. The Bertz CT molecular complexity index is 576. The lowest BCUT2D eigenvalue weighted by atomic mass is 9.81. The molecule has 3 atom stereocenters. The summed E-state index contributed by atoms with van der Waals surface area (Å²) in [6.45, 7) is 5.24. The minimum absolute atomic E-state index is 0.177. The number of aromatic hydroxyl groups is 1. The standard InChI is InChI=1S/C16H21ClN2O2/c1-9-3-4-13(20)15(16(9)17)11-5-6-19-12(7-11)10(2)18-8-14(19)21/h3-4,10-12,18,20H,5-8H2,1-2H3/t10?,11-,12+/m1/s1. The van der Waals surface area contributed by atoms with E-state index >= 15 is 0 Å². The molecule has 2 aliphatic heterocycles. The van der Waals surface area contributed by atoms with Crippen LogP contribution in [0.25, 0.3) is 0 Å². The molecule has 0 aliphatic carbocycles. The van der Waals surface area contributed by atoms with Crippen molar-refractivity contribution in [3.05, 3.63) is 28.3 Å². The van der Waals surface area contributed by atoms with Crippen LogP contribution in [0, 0.1) is 6.92 Å². The molecular formula is C16H21ClN2O2. The molecule has 21 heavy (non-hydrogen) atoms. The summed E-state index contributed by atoms with van der Waals surface area (Å²) < 4.78 is 0. The van der Waals surface area contributed by atoms with Gasteiger partial charge in [-0.15, -0.1) is 0 Å². The fourth-order valence-corrected chi connectivity index (χ4v) is 3.92. The van der Waals surface area contributed by atoms with E-state index in [1.807, 2.05) is 17.9 Å². The molecule has 1 aromatic carbocycles. The number of nitrogens with one attached hydrogen (secondary N) is 1. The van der Waals surface area contributed by atoms with Crippen LogP contribution in [0.1, 0.15) is 36.8 Å². The summed E-state index contributed by atoms with van der Waals surface area (Å²) in [5.74, 6) is 0.650. The van der Waals surface area contributed by atoms with Crippen molar-refractivity contribution in [2.24, 2.45) is 0 Å². The van der Waals surface area contributed by atoms with Gasteiger partial charge in [0.1, 0.15) is 5.75 Å². The fourth-order valence-electron chi connectivity index (χ4n) is 3.61. The van der Waals surface area contributed by atoms with E-state index in [1.165, 1.54) is 0 Å². The van der Waals surface area contributed by atoms with E-state index < -0.39 is 0 Å². The first-order chi connectivity index (χ1) is 9.99. The molecule has 0 saturated carbocycles. The predicted octanol–water partition coefficient (Wildman–Crippen LogP) is 2.42. The zero-order chi connectivity index (χ0) is 15.1. The molecule has 5 heteroatoms. The van der Waals surface area contributed by atoms with Crippen molar-refractivity contribution in [2.75, 3.05) is 13.1 Å². The summed E-state index contributed by atoms with van der Waals surface area (Å²) in [5, 5.41) is 14.1. The number of fused-ring (bicyclic) bond motifs is 1. The summed E-state index contributed by atoms with van der Waals surface area (Å²) >= 11 is 6.42. The highest BCUT2D eigenvalue weighted by Crippen LogP contribution is 2.42. The molecule has 3 rings (SSSR count). The Morgan fingerprint density at radius 1 is 1.43 bits per heavy atom. The Labute approximate surface area is 130 Å². The average molecular weight is 309 g/mol. The molecule has 2 fully saturated rings. The Morgan fingerprint density at radius 3 is 2.95 bits per heavy atom. The number of hydrogen-bond donors (Lipinski definition) is 2. The quantitative estimate of drug-likeness (QED) is 0.838. The van der Waals surface area contributed by atoms with Crippen LogP contribution in [0.4, 0.5) is 0 Å². The minimum atomic E-state index is 0.177. The first kappa shape index (κ1) is 14.7. The number of benzene rings is 1. The van der Waals surface area contributed by atoms with Crippen molar-refractivity contribution in [3.63, 3.8) is 0 Å². The molecule has 4 nitrogen and oxygen atoms in total. The Morgan fingerprint density at radius 2 is 2.19 bits per heavy atom. The summed E-state index contributed by atoms with van der Waals surface area (Å²) in [5.41, 5.74) is 1.83. The number of carbonyl (C=O) groups excluding carboxylic acids is 1. The van der Waals surface area contributed by atoms with Crippen LogP contribution in [-0.4, -0.2) is 41.1 Å². The molecule has 0 radical (unpaired) electrons. The van der Waals surface area contributed by atoms with Gasteiger partial charge in [-0.05, 0) is 44.2 Å². The van der Waals surface area contributed by atoms with Crippen molar-refractivity contribution in [3.8, 4) is 5.75 Å². The van der Waals surface area contributed by atoms with Crippen molar-refractivity contribution < 1.29 is 9.90 Å². The van der Waals surface area contributed by atoms with Crippen LogP contribution in [-0.2, 0) is 4.79 Å². The number of aryl methyl sites for hydroxylation is 1. The van der Waals surface area contributed by atoms with Gasteiger partial charge < -0.3 is 15.3 Å². The van der Waals surface area contributed by atoms with Gasteiger partial charge in [0.2, 0.25) is 5.91 Å². The molecule has 0 aromatic heterocycles. The van der Waals surface area contributed by atoms with E-state index in [2.05, 4.69) is 12.2 Å². The Hall–Kier alpha value is -1.26. The second-order valence-electron chi connectivity index (χ2n) is 6.17. The van der Waals surface area contributed by atoms with Gasteiger partial charge in [-0.1, -0.05) is 17.7 Å². The van der Waals surface area contributed by atoms with Crippen LogP contribution in [0.3, 0.4) is 0 Å². The number of piperazine rings is 1. The van der Waals surface area contributed by atoms with Crippen LogP contribution in [0.5, 0.6) is 5.75 Å². The lowest BCUT2D eigenvalue weighted by Gasteiger charge is -2.46. The third-order valence-corrected chi connectivity index (χ3v) is 5.38. The van der Waals surface area contributed by atoms with Gasteiger partial charge in [0.25, 0.3) is 0 Å². The fraction of sp³-hybridized carbons (Fsp3) is 0.562. The monoisotopic (exact) mass is 308 g/mol. The second kappa shape index (κ2) is 5.50. The smallest absolute Gasteiger partial charge is 0.236 e. The molecule has 2 N–H and O–H groups in total. The molecular weight excluding hydrogens is 288 g/mol.